The van der Waals surface area contributed by atoms with Gasteiger partial charge in [-0.1, -0.05) is 12.1 Å². The smallest absolute Gasteiger partial charge is 0.252 e. The Morgan fingerprint density at radius 3 is 2.67 bits per heavy atom. The van der Waals surface area contributed by atoms with E-state index in [1.165, 1.54) is 15.6 Å². The fraction of sp³-hybridized carbons (Fsp3) is 0.500. The van der Waals surface area contributed by atoms with Crippen LogP contribution in [0.25, 0.3) is 0 Å². The van der Waals surface area contributed by atoms with Gasteiger partial charge in [0.2, 0.25) is 0 Å². The molecule has 1 aromatic heterocycles. The lowest BCUT2D eigenvalue weighted by atomic mass is 10.4. The third kappa shape index (κ3) is 3.44. The van der Waals surface area contributed by atoms with E-state index in [2.05, 4.69) is 5.16 Å². The van der Waals surface area contributed by atoms with Crippen LogP contribution in [0.15, 0.2) is 21.5 Å². The first-order valence-corrected chi connectivity index (χ1v) is 7.70. The van der Waals surface area contributed by atoms with E-state index in [4.69, 9.17) is 10.9 Å². The molecule has 0 saturated heterocycles. The molecule has 0 saturated carbocycles. The monoisotopic (exact) mass is 291 g/mol. The van der Waals surface area contributed by atoms with Crippen molar-refractivity contribution in [2.45, 2.75) is 24.5 Å². The van der Waals surface area contributed by atoms with Gasteiger partial charge in [-0.05, 0) is 19.1 Å². The lowest BCUT2D eigenvalue weighted by Crippen LogP contribution is -2.33. The number of sulfonamides is 1. The zero-order valence-corrected chi connectivity index (χ0v) is 12.0. The minimum Gasteiger partial charge on any atom is -0.409 e. The van der Waals surface area contributed by atoms with E-state index < -0.39 is 10.0 Å². The van der Waals surface area contributed by atoms with E-state index in [9.17, 15) is 8.42 Å². The standard InChI is InChI=1S/C10H17N3O3S2/c1-3-13(7-6-9(11)12-14)18(15,16)10-5-4-8(2)17-10/h4-5,14H,3,6-7H2,1-2H3,(H2,11,12). The Hall–Kier alpha value is -1.12. The Bertz CT molecular complexity index is 522. The molecule has 0 aliphatic rings. The molecule has 0 aromatic carbocycles. The number of oxime groups is 1. The van der Waals surface area contributed by atoms with Crippen LogP contribution in [-0.2, 0) is 10.0 Å². The maximum atomic E-state index is 12.3. The predicted molar refractivity (Wildman–Crippen MR) is 71.5 cm³/mol. The predicted octanol–water partition coefficient (Wildman–Crippen LogP) is 1.20. The average Bonchev–Trinajstić information content (AvgIpc) is 2.76. The maximum absolute atomic E-state index is 12.3. The van der Waals surface area contributed by atoms with Crippen LogP contribution in [-0.4, -0.2) is 36.9 Å². The fourth-order valence-corrected chi connectivity index (χ4v) is 4.30. The highest BCUT2D eigenvalue weighted by Crippen LogP contribution is 2.24. The average molecular weight is 291 g/mol. The molecule has 0 atom stereocenters. The molecular formula is C10H17N3O3S2. The number of hydrogen-bond acceptors (Lipinski definition) is 5. The molecular weight excluding hydrogens is 274 g/mol. The molecule has 102 valence electrons. The van der Waals surface area contributed by atoms with E-state index in [0.717, 1.165) is 4.88 Å². The quantitative estimate of drug-likeness (QED) is 0.356. The third-order valence-corrected chi connectivity index (χ3v) is 5.85. The molecule has 0 aliphatic heterocycles. The topological polar surface area (TPSA) is 96.0 Å². The van der Waals surface area contributed by atoms with Crippen molar-refractivity contribution in [1.82, 2.24) is 4.31 Å². The fourth-order valence-electron chi connectivity index (χ4n) is 1.42. The molecule has 0 fully saturated rings. The molecule has 0 radical (unpaired) electrons. The van der Waals surface area contributed by atoms with E-state index in [0.29, 0.717) is 10.8 Å². The van der Waals surface area contributed by atoms with E-state index in [-0.39, 0.29) is 18.8 Å². The summed E-state index contributed by atoms with van der Waals surface area (Å²) in [5.74, 6) is 0.0195. The van der Waals surface area contributed by atoms with Gasteiger partial charge in [-0.25, -0.2) is 8.42 Å². The van der Waals surface area contributed by atoms with Crippen molar-refractivity contribution >= 4 is 27.2 Å². The molecule has 1 rings (SSSR count). The van der Waals surface area contributed by atoms with Crippen LogP contribution in [0, 0.1) is 6.92 Å². The van der Waals surface area contributed by atoms with E-state index in [1.807, 2.05) is 6.92 Å². The van der Waals surface area contributed by atoms with Crippen LogP contribution in [0.1, 0.15) is 18.2 Å². The molecule has 0 unspecified atom stereocenters. The van der Waals surface area contributed by atoms with E-state index in [1.54, 1.807) is 19.1 Å². The maximum Gasteiger partial charge on any atom is 0.252 e. The second-order valence-electron chi connectivity index (χ2n) is 3.70. The zero-order valence-electron chi connectivity index (χ0n) is 10.3. The van der Waals surface area contributed by atoms with Gasteiger partial charge >= 0.3 is 0 Å². The van der Waals surface area contributed by atoms with Crippen LogP contribution >= 0.6 is 11.3 Å². The van der Waals surface area contributed by atoms with Crippen LogP contribution in [0.4, 0.5) is 0 Å². The molecule has 1 heterocycles. The van der Waals surface area contributed by atoms with Gasteiger partial charge < -0.3 is 10.9 Å². The van der Waals surface area contributed by atoms with Gasteiger partial charge in [-0.3, -0.25) is 0 Å². The number of hydrogen-bond donors (Lipinski definition) is 2. The molecule has 18 heavy (non-hydrogen) atoms. The number of thiophene rings is 1. The van der Waals surface area contributed by atoms with Crippen LogP contribution in [0.2, 0.25) is 0 Å². The third-order valence-electron chi connectivity index (χ3n) is 2.41. The summed E-state index contributed by atoms with van der Waals surface area (Å²) in [6, 6.07) is 3.37. The second kappa shape index (κ2) is 6.17. The first kappa shape index (κ1) is 14.9. The highest BCUT2D eigenvalue weighted by atomic mass is 32.2. The number of nitrogens with zero attached hydrogens (tertiary/aromatic N) is 2. The summed E-state index contributed by atoms with van der Waals surface area (Å²) in [7, 11) is -3.47. The Labute approximate surface area is 111 Å². The highest BCUT2D eigenvalue weighted by molar-refractivity contribution is 7.91. The van der Waals surface area contributed by atoms with Gasteiger partial charge in [-0.15, -0.1) is 11.3 Å². The first-order valence-electron chi connectivity index (χ1n) is 5.44. The van der Waals surface area contributed by atoms with E-state index >= 15 is 0 Å². The van der Waals surface area contributed by atoms with Crippen molar-refractivity contribution in [3.8, 4) is 0 Å². The second-order valence-corrected chi connectivity index (χ2v) is 7.16. The molecule has 6 nitrogen and oxygen atoms in total. The lowest BCUT2D eigenvalue weighted by molar-refractivity contribution is 0.315. The molecule has 8 heteroatoms. The molecule has 1 aromatic rings. The van der Waals surface area contributed by atoms with Crippen LogP contribution in [0.3, 0.4) is 0 Å². The summed E-state index contributed by atoms with van der Waals surface area (Å²) in [6.45, 7) is 4.16. The zero-order chi connectivity index (χ0) is 13.8. The van der Waals surface area contributed by atoms with Crippen LogP contribution < -0.4 is 5.73 Å². The number of nitrogens with two attached hydrogens (primary N) is 1. The Morgan fingerprint density at radius 1 is 1.56 bits per heavy atom. The number of rotatable bonds is 6. The summed E-state index contributed by atoms with van der Waals surface area (Å²) >= 11 is 1.24. The minimum atomic E-state index is -3.47. The molecule has 0 aliphatic carbocycles. The molecule has 0 spiro atoms. The van der Waals surface area contributed by atoms with Crippen LogP contribution in [0.5, 0.6) is 0 Å². The Kier molecular flexibility index (Phi) is 5.12. The lowest BCUT2D eigenvalue weighted by Gasteiger charge is -2.18. The number of aryl methyl sites for hydroxylation is 1. The first-order chi connectivity index (χ1) is 8.41. The van der Waals surface area contributed by atoms with Gasteiger partial charge in [0.1, 0.15) is 10.0 Å². The van der Waals surface area contributed by atoms with Crippen molar-refractivity contribution in [2.24, 2.45) is 10.9 Å². The Balaban J connectivity index is 2.87. The van der Waals surface area contributed by atoms with Crippen molar-refractivity contribution in [1.29, 1.82) is 0 Å². The van der Waals surface area contributed by atoms with Gasteiger partial charge in [0.05, 0.1) is 0 Å². The SMILES string of the molecule is CCN(CCC(N)=NO)S(=O)(=O)c1ccc(C)s1. The Morgan fingerprint density at radius 2 is 2.22 bits per heavy atom. The largest absolute Gasteiger partial charge is 0.409 e. The summed E-state index contributed by atoms with van der Waals surface area (Å²) in [4.78, 5) is 0.945. The van der Waals surface area contributed by atoms with Gasteiger partial charge in [0, 0.05) is 24.4 Å². The molecule has 0 amide bonds. The van der Waals surface area contributed by atoms with Crippen molar-refractivity contribution in [3.05, 3.63) is 17.0 Å². The summed E-state index contributed by atoms with van der Waals surface area (Å²) in [5.41, 5.74) is 5.34. The minimum absolute atomic E-state index is 0.0195. The van der Waals surface area contributed by atoms with Crippen molar-refractivity contribution in [3.63, 3.8) is 0 Å². The van der Waals surface area contributed by atoms with Gasteiger partial charge in [0.25, 0.3) is 10.0 Å². The van der Waals surface area contributed by atoms with Gasteiger partial charge in [0.15, 0.2) is 0 Å². The molecule has 0 bridgehead atoms. The summed E-state index contributed by atoms with van der Waals surface area (Å²) in [6.07, 6.45) is 0.202. The molecule has 3 N–H and O–H groups in total. The van der Waals surface area contributed by atoms with Gasteiger partial charge in [-0.2, -0.15) is 4.31 Å². The normalized spacial score (nSPS) is 13.2. The number of amidine groups is 1. The summed E-state index contributed by atoms with van der Waals surface area (Å²) < 4.78 is 26.2. The van der Waals surface area contributed by atoms with Crippen molar-refractivity contribution in [2.75, 3.05) is 13.1 Å². The van der Waals surface area contributed by atoms with Crippen molar-refractivity contribution < 1.29 is 13.6 Å². The summed E-state index contributed by atoms with van der Waals surface area (Å²) in [5, 5.41) is 11.3. The highest BCUT2D eigenvalue weighted by Gasteiger charge is 2.24.